The minimum absolute atomic E-state index is 0.101. The lowest BCUT2D eigenvalue weighted by atomic mass is 10.3. The van der Waals surface area contributed by atoms with Crippen molar-refractivity contribution in [3.8, 4) is 5.82 Å². The molecule has 0 saturated carbocycles. The molecule has 1 aliphatic rings. The maximum atomic E-state index is 12.8. The number of alkyl halides is 3. The summed E-state index contributed by atoms with van der Waals surface area (Å²) in [6.45, 7) is 2.25. The maximum absolute atomic E-state index is 12.8. The Morgan fingerprint density at radius 2 is 1.59 bits per heavy atom. The van der Waals surface area contributed by atoms with Gasteiger partial charge in [0.1, 0.15) is 23.7 Å². The highest BCUT2D eigenvalue weighted by molar-refractivity contribution is 5.45. The van der Waals surface area contributed by atoms with E-state index >= 15 is 0 Å². The molecule has 4 rings (SSSR count). The van der Waals surface area contributed by atoms with Crippen LogP contribution in [-0.4, -0.2) is 50.7 Å². The molecule has 10 heteroatoms. The van der Waals surface area contributed by atoms with Gasteiger partial charge in [-0.1, -0.05) is 6.07 Å². The van der Waals surface area contributed by atoms with E-state index in [1.165, 1.54) is 0 Å². The van der Waals surface area contributed by atoms with E-state index in [-0.39, 0.29) is 5.95 Å². The first-order valence-electron chi connectivity index (χ1n) is 8.36. The van der Waals surface area contributed by atoms with Crippen molar-refractivity contribution >= 4 is 11.8 Å². The predicted molar refractivity (Wildman–Crippen MR) is 92.8 cm³/mol. The second-order valence-electron chi connectivity index (χ2n) is 6.04. The van der Waals surface area contributed by atoms with E-state index in [1.54, 1.807) is 17.4 Å². The Labute approximate surface area is 153 Å². The number of pyridine rings is 1. The molecule has 1 saturated heterocycles. The van der Waals surface area contributed by atoms with Crippen molar-refractivity contribution in [3.63, 3.8) is 0 Å². The molecule has 0 amide bonds. The number of rotatable bonds is 3. The van der Waals surface area contributed by atoms with E-state index in [9.17, 15) is 13.2 Å². The van der Waals surface area contributed by atoms with Gasteiger partial charge < -0.3 is 9.80 Å². The van der Waals surface area contributed by atoms with Crippen molar-refractivity contribution in [3.05, 3.63) is 54.9 Å². The largest absolute Gasteiger partial charge is 0.433 e. The fourth-order valence-corrected chi connectivity index (χ4v) is 2.92. The first-order chi connectivity index (χ1) is 13.0. The smallest absolute Gasteiger partial charge is 0.353 e. The maximum Gasteiger partial charge on any atom is 0.433 e. The van der Waals surface area contributed by atoms with Crippen LogP contribution in [0, 0.1) is 0 Å². The van der Waals surface area contributed by atoms with Gasteiger partial charge in [0, 0.05) is 44.8 Å². The van der Waals surface area contributed by atoms with Crippen LogP contribution in [-0.2, 0) is 6.18 Å². The number of anilines is 2. The standard InChI is InChI=1S/C17H16F3N7/c18-17(19,20)13-4-5-22-16(23-13)26-10-8-25(9-11-26)14-2-1-3-15(24-14)27-7-6-21-12-27/h1-7,12H,8-11H2. The Morgan fingerprint density at radius 1 is 0.852 bits per heavy atom. The molecule has 1 fully saturated rings. The molecule has 140 valence electrons. The Morgan fingerprint density at radius 3 is 2.30 bits per heavy atom. The molecular weight excluding hydrogens is 359 g/mol. The molecule has 0 spiro atoms. The number of piperazine rings is 1. The van der Waals surface area contributed by atoms with Gasteiger partial charge in [-0.2, -0.15) is 13.2 Å². The van der Waals surface area contributed by atoms with E-state index in [0.717, 1.165) is 23.9 Å². The van der Waals surface area contributed by atoms with Crippen molar-refractivity contribution in [1.82, 2.24) is 24.5 Å². The van der Waals surface area contributed by atoms with E-state index in [0.29, 0.717) is 26.2 Å². The minimum Gasteiger partial charge on any atom is -0.353 e. The lowest BCUT2D eigenvalue weighted by Gasteiger charge is -2.35. The van der Waals surface area contributed by atoms with Gasteiger partial charge in [0.15, 0.2) is 0 Å². The summed E-state index contributed by atoms with van der Waals surface area (Å²) < 4.78 is 40.3. The monoisotopic (exact) mass is 375 g/mol. The van der Waals surface area contributed by atoms with Crippen LogP contribution < -0.4 is 9.80 Å². The molecule has 1 aliphatic heterocycles. The van der Waals surface area contributed by atoms with Crippen molar-refractivity contribution in [2.45, 2.75) is 6.18 Å². The van der Waals surface area contributed by atoms with Crippen LogP contribution >= 0.6 is 0 Å². The number of hydrogen-bond acceptors (Lipinski definition) is 6. The number of hydrogen-bond donors (Lipinski definition) is 0. The van der Waals surface area contributed by atoms with E-state index in [2.05, 4.69) is 24.8 Å². The lowest BCUT2D eigenvalue weighted by molar-refractivity contribution is -0.141. The summed E-state index contributed by atoms with van der Waals surface area (Å²) in [5.74, 6) is 1.67. The second kappa shape index (κ2) is 6.86. The fourth-order valence-electron chi connectivity index (χ4n) is 2.92. The average Bonchev–Trinajstić information content (AvgIpc) is 3.23. The van der Waals surface area contributed by atoms with Crippen LogP contribution in [0.5, 0.6) is 0 Å². The summed E-state index contributed by atoms with van der Waals surface area (Å²) in [5, 5.41) is 0. The third-order valence-electron chi connectivity index (χ3n) is 4.31. The molecule has 0 aromatic carbocycles. The lowest BCUT2D eigenvalue weighted by Crippen LogP contribution is -2.47. The third kappa shape index (κ3) is 3.69. The minimum atomic E-state index is -4.48. The van der Waals surface area contributed by atoms with Crippen LogP contribution in [0.25, 0.3) is 5.82 Å². The molecule has 0 radical (unpaired) electrons. The quantitative estimate of drug-likeness (QED) is 0.701. The van der Waals surface area contributed by atoms with Gasteiger partial charge in [-0.05, 0) is 18.2 Å². The fraction of sp³-hybridized carbons (Fsp3) is 0.294. The zero-order chi connectivity index (χ0) is 18.9. The van der Waals surface area contributed by atoms with Gasteiger partial charge >= 0.3 is 6.18 Å². The van der Waals surface area contributed by atoms with E-state index in [1.807, 2.05) is 29.0 Å². The SMILES string of the molecule is FC(F)(F)c1ccnc(N2CCN(c3cccc(-n4ccnc4)n3)CC2)n1. The molecule has 4 heterocycles. The number of nitrogens with zero attached hydrogens (tertiary/aromatic N) is 7. The van der Waals surface area contributed by atoms with Crippen molar-refractivity contribution in [1.29, 1.82) is 0 Å². The predicted octanol–water partition coefficient (Wildman–Crippen LogP) is 2.40. The molecule has 27 heavy (non-hydrogen) atoms. The molecule has 0 atom stereocenters. The summed E-state index contributed by atoms with van der Waals surface area (Å²) in [7, 11) is 0. The van der Waals surface area contributed by atoms with Crippen LogP contribution in [0.4, 0.5) is 24.9 Å². The highest BCUT2D eigenvalue weighted by Crippen LogP contribution is 2.28. The summed E-state index contributed by atoms with van der Waals surface area (Å²) in [5.41, 5.74) is -0.926. The van der Waals surface area contributed by atoms with Gasteiger partial charge in [0.25, 0.3) is 0 Å². The van der Waals surface area contributed by atoms with Crippen LogP contribution in [0.2, 0.25) is 0 Å². The molecule has 3 aromatic heterocycles. The molecular formula is C17H16F3N7. The summed E-state index contributed by atoms with van der Waals surface area (Å²) in [4.78, 5) is 20.1. The van der Waals surface area contributed by atoms with Crippen LogP contribution in [0.15, 0.2) is 49.2 Å². The first kappa shape index (κ1) is 17.3. The van der Waals surface area contributed by atoms with Gasteiger partial charge in [0.2, 0.25) is 5.95 Å². The van der Waals surface area contributed by atoms with Gasteiger partial charge in [-0.3, -0.25) is 4.57 Å². The number of imidazole rings is 1. The molecule has 3 aromatic rings. The van der Waals surface area contributed by atoms with Crippen LogP contribution in [0.3, 0.4) is 0 Å². The second-order valence-corrected chi connectivity index (χ2v) is 6.04. The van der Waals surface area contributed by atoms with Crippen molar-refractivity contribution < 1.29 is 13.2 Å². The molecule has 0 unspecified atom stereocenters. The summed E-state index contributed by atoms with van der Waals surface area (Å²) in [6.07, 6.45) is 1.84. The number of aromatic nitrogens is 5. The van der Waals surface area contributed by atoms with E-state index < -0.39 is 11.9 Å². The molecule has 0 aliphatic carbocycles. The van der Waals surface area contributed by atoms with E-state index in [4.69, 9.17) is 0 Å². The van der Waals surface area contributed by atoms with Gasteiger partial charge in [-0.25, -0.2) is 19.9 Å². The molecule has 0 bridgehead atoms. The highest BCUT2D eigenvalue weighted by Gasteiger charge is 2.33. The van der Waals surface area contributed by atoms with Crippen molar-refractivity contribution in [2.24, 2.45) is 0 Å². The normalized spacial score (nSPS) is 15.2. The topological polar surface area (TPSA) is 63.0 Å². The Kier molecular flexibility index (Phi) is 4.38. The first-order valence-corrected chi connectivity index (χ1v) is 8.36. The molecule has 0 N–H and O–H groups in total. The van der Waals surface area contributed by atoms with Gasteiger partial charge in [0.05, 0.1) is 0 Å². The average molecular weight is 375 g/mol. The van der Waals surface area contributed by atoms with Crippen LogP contribution in [0.1, 0.15) is 5.69 Å². The Balaban J connectivity index is 1.46. The van der Waals surface area contributed by atoms with Gasteiger partial charge in [-0.15, -0.1) is 0 Å². The highest BCUT2D eigenvalue weighted by atomic mass is 19.4. The summed E-state index contributed by atoms with van der Waals surface area (Å²) in [6, 6.07) is 6.60. The Bertz CT molecular complexity index is 903. The summed E-state index contributed by atoms with van der Waals surface area (Å²) >= 11 is 0. The molecule has 7 nitrogen and oxygen atoms in total. The third-order valence-corrected chi connectivity index (χ3v) is 4.31. The Hall–Kier alpha value is -3.17. The zero-order valence-electron chi connectivity index (χ0n) is 14.2. The van der Waals surface area contributed by atoms with Crippen molar-refractivity contribution in [2.75, 3.05) is 36.0 Å². The number of halogens is 3. The zero-order valence-corrected chi connectivity index (χ0v) is 14.2.